The van der Waals surface area contributed by atoms with Crippen molar-refractivity contribution in [3.05, 3.63) is 44.8 Å². The van der Waals surface area contributed by atoms with Gasteiger partial charge < -0.3 is 0 Å². The average molecular weight is 329 g/mol. The SMILES string of the molecule is Cn1c(=O)n2n(c1=O)C1(C(C)(C)C)C=CC2C2C(C(C)(C)C)=CC21. The molecule has 1 aromatic rings. The molecule has 0 aromatic carbocycles. The minimum atomic E-state index is -0.487. The Bertz CT molecular complexity index is 910. The minimum Gasteiger partial charge on any atom is -0.246 e. The molecule has 0 spiro atoms. The van der Waals surface area contributed by atoms with Crippen LogP contribution in [0.1, 0.15) is 47.6 Å². The maximum Gasteiger partial charge on any atom is 0.347 e. The predicted molar refractivity (Wildman–Crippen MR) is 94.1 cm³/mol. The molecule has 5 heteroatoms. The molecule has 0 saturated carbocycles. The summed E-state index contributed by atoms with van der Waals surface area (Å²) in [5.41, 5.74) is 0.400. The fraction of sp³-hybridized carbons (Fsp3) is 0.684. The van der Waals surface area contributed by atoms with Gasteiger partial charge in [-0.3, -0.25) is 0 Å². The number of hydrogen-bond donors (Lipinski definition) is 0. The van der Waals surface area contributed by atoms with Crippen LogP contribution in [-0.2, 0) is 12.6 Å². The molecule has 0 fully saturated rings. The maximum atomic E-state index is 12.9. The lowest BCUT2D eigenvalue weighted by Crippen LogP contribution is -2.67. The molecule has 2 bridgehead atoms. The summed E-state index contributed by atoms with van der Waals surface area (Å²) in [6, 6.07) is -0.0557. The fourth-order valence-electron chi connectivity index (χ4n) is 5.17. The first-order chi connectivity index (χ1) is 10.9. The van der Waals surface area contributed by atoms with E-state index >= 15 is 0 Å². The highest BCUT2D eigenvalue weighted by Crippen LogP contribution is 2.64. The smallest absolute Gasteiger partial charge is 0.246 e. The Morgan fingerprint density at radius 3 is 2.21 bits per heavy atom. The van der Waals surface area contributed by atoms with Gasteiger partial charge in [0.25, 0.3) is 0 Å². The van der Waals surface area contributed by atoms with E-state index in [1.807, 2.05) is 0 Å². The molecule has 5 nitrogen and oxygen atoms in total. The van der Waals surface area contributed by atoms with E-state index in [4.69, 9.17) is 0 Å². The highest BCUT2D eigenvalue weighted by molar-refractivity contribution is 5.41. The molecule has 1 aromatic heterocycles. The van der Waals surface area contributed by atoms with Crippen LogP contribution in [0.2, 0.25) is 0 Å². The summed E-state index contributed by atoms with van der Waals surface area (Å²) in [6.45, 7) is 13.2. The standard InChI is InChI=1S/C19H27N3O2/c1-17(2,3)11-10-12-14(11)13-8-9-19(12,18(4,5)6)22-16(24)20(7)15(23)21(13)22/h8-10,12-14H,1-7H3. The largest absolute Gasteiger partial charge is 0.347 e. The van der Waals surface area contributed by atoms with E-state index in [0.717, 1.165) is 0 Å². The van der Waals surface area contributed by atoms with Crippen LogP contribution in [0.4, 0.5) is 0 Å². The zero-order valence-electron chi connectivity index (χ0n) is 15.6. The summed E-state index contributed by atoms with van der Waals surface area (Å²) in [5.74, 6) is 0.565. The van der Waals surface area contributed by atoms with E-state index in [-0.39, 0.29) is 34.2 Å². The van der Waals surface area contributed by atoms with Gasteiger partial charge in [-0.25, -0.2) is 23.5 Å². The maximum absolute atomic E-state index is 12.9. The second-order valence-electron chi connectivity index (χ2n) is 9.63. The Morgan fingerprint density at radius 1 is 1.04 bits per heavy atom. The van der Waals surface area contributed by atoms with Crippen molar-refractivity contribution in [1.29, 1.82) is 0 Å². The molecule has 3 heterocycles. The Labute approximate surface area is 142 Å². The molecule has 5 rings (SSSR count). The van der Waals surface area contributed by atoms with Crippen molar-refractivity contribution >= 4 is 0 Å². The Kier molecular flexibility index (Phi) is 2.66. The first-order valence-electron chi connectivity index (χ1n) is 8.75. The number of hydrogen-bond acceptors (Lipinski definition) is 2. The molecule has 4 aliphatic rings. The van der Waals surface area contributed by atoms with Gasteiger partial charge in [0.1, 0.15) is 0 Å². The van der Waals surface area contributed by atoms with Gasteiger partial charge in [0.15, 0.2) is 0 Å². The number of rotatable bonds is 0. The summed E-state index contributed by atoms with van der Waals surface area (Å²) in [7, 11) is 1.58. The molecular formula is C19H27N3O2. The molecule has 24 heavy (non-hydrogen) atoms. The Hall–Kier alpha value is -1.78. The molecule has 0 N–H and O–H groups in total. The molecule has 0 amide bonds. The van der Waals surface area contributed by atoms with Crippen molar-refractivity contribution in [2.24, 2.45) is 29.7 Å². The lowest BCUT2D eigenvalue weighted by Gasteiger charge is -2.63. The summed E-state index contributed by atoms with van der Waals surface area (Å²) >= 11 is 0. The third kappa shape index (κ3) is 1.47. The van der Waals surface area contributed by atoms with Crippen LogP contribution in [0.15, 0.2) is 33.4 Å². The lowest BCUT2D eigenvalue weighted by molar-refractivity contribution is -0.0385. The average Bonchev–Trinajstić information content (AvgIpc) is 2.62. The first kappa shape index (κ1) is 15.7. The molecule has 2 aliphatic heterocycles. The van der Waals surface area contributed by atoms with Crippen LogP contribution in [-0.4, -0.2) is 13.9 Å². The summed E-state index contributed by atoms with van der Waals surface area (Å²) in [4.78, 5) is 25.7. The van der Waals surface area contributed by atoms with E-state index in [9.17, 15) is 9.59 Å². The Balaban J connectivity index is 2.08. The molecule has 2 aliphatic carbocycles. The molecule has 0 saturated heterocycles. The monoisotopic (exact) mass is 329 g/mol. The zero-order valence-corrected chi connectivity index (χ0v) is 15.6. The van der Waals surface area contributed by atoms with E-state index < -0.39 is 5.54 Å². The van der Waals surface area contributed by atoms with Gasteiger partial charge in [0, 0.05) is 18.9 Å². The van der Waals surface area contributed by atoms with E-state index in [0.29, 0.717) is 5.92 Å². The van der Waals surface area contributed by atoms with Crippen LogP contribution >= 0.6 is 0 Å². The van der Waals surface area contributed by atoms with Crippen molar-refractivity contribution in [1.82, 2.24) is 13.9 Å². The topological polar surface area (TPSA) is 48.9 Å². The number of aromatic nitrogens is 3. The molecule has 0 radical (unpaired) electrons. The lowest BCUT2D eigenvalue weighted by atomic mass is 9.48. The summed E-state index contributed by atoms with van der Waals surface area (Å²) in [6.07, 6.45) is 6.71. The van der Waals surface area contributed by atoms with Crippen molar-refractivity contribution in [3.8, 4) is 0 Å². The van der Waals surface area contributed by atoms with Crippen LogP contribution in [0, 0.1) is 22.7 Å². The minimum absolute atomic E-state index is 0.0557. The van der Waals surface area contributed by atoms with Gasteiger partial charge >= 0.3 is 11.4 Å². The first-order valence-corrected chi connectivity index (χ1v) is 8.75. The normalized spacial score (nSPS) is 33.8. The van der Waals surface area contributed by atoms with E-state index in [1.54, 1.807) is 16.4 Å². The van der Waals surface area contributed by atoms with Gasteiger partial charge in [-0.1, -0.05) is 65.3 Å². The van der Waals surface area contributed by atoms with Gasteiger partial charge in [-0.2, -0.15) is 0 Å². The van der Waals surface area contributed by atoms with Crippen LogP contribution < -0.4 is 11.4 Å². The van der Waals surface area contributed by atoms with Crippen LogP contribution in [0.25, 0.3) is 0 Å². The highest BCUT2D eigenvalue weighted by atomic mass is 16.2. The highest BCUT2D eigenvalue weighted by Gasteiger charge is 2.64. The second-order valence-corrected chi connectivity index (χ2v) is 9.63. The van der Waals surface area contributed by atoms with Crippen molar-refractivity contribution < 1.29 is 0 Å². The zero-order chi connectivity index (χ0) is 17.8. The predicted octanol–water partition coefficient (Wildman–Crippen LogP) is 2.43. The third-order valence-electron chi connectivity index (χ3n) is 6.40. The van der Waals surface area contributed by atoms with Crippen molar-refractivity contribution in [2.75, 3.05) is 0 Å². The van der Waals surface area contributed by atoms with E-state index in [1.165, 1.54) is 10.1 Å². The van der Waals surface area contributed by atoms with E-state index in [2.05, 4.69) is 59.8 Å². The second kappa shape index (κ2) is 4.06. The molecule has 4 unspecified atom stereocenters. The quantitative estimate of drug-likeness (QED) is 0.687. The molecular weight excluding hydrogens is 302 g/mol. The van der Waals surface area contributed by atoms with Gasteiger partial charge in [-0.05, 0) is 10.8 Å². The Morgan fingerprint density at radius 2 is 1.67 bits per heavy atom. The van der Waals surface area contributed by atoms with Crippen molar-refractivity contribution in [2.45, 2.75) is 53.1 Å². The van der Waals surface area contributed by atoms with Gasteiger partial charge in [-0.15, -0.1) is 0 Å². The summed E-state index contributed by atoms with van der Waals surface area (Å²) < 4.78 is 4.71. The van der Waals surface area contributed by atoms with Crippen LogP contribution in [0.5, 0.6) is 0 Å². The molecule has 130 valence electrons. The number of allylic oxidation sites excluding steroid dienone is 4. The van der Waals surface area contributed by atoms with Crippen molar-refractivity contribution in [3.63, 3.8) is 0 Å². The third-order valence-corrected chi connectivity index (χ3v) is 6.40. The number of nitrogens with zero attached hydrogens (tertiary/aromatic N) is 3. The van der Waals surface area contributed by atoms with Crippen LogP contribution in [0.3, 0.4) is 0 Å². The fourth-order valence-corrected chi connectivity index (χ4v) is 5.17. The van der Waals surface area contributed by atoms with Gasteiger partial charge in [0.2, 0.25) is 0 Å². The van der Waals surface area contributed by atoms with Gasteiger partial charge in [0.05, 0.1) is 11.6 Å². The molecule has 4 atom stereocenters. The summed E-state index contributed by atoms with van der Waals surface area (Å²) in [5, 5.41) is 0.